The minimum Gasteiger partial charge on any atom is -0.332 e. The minimum absolute atomic E-state index is 0.233. The Labute approximate surface area is 176 Å². The van der Waals surface area contributed by atoms with Gasteiger partial charge in [0.05, 0.1) is 4.90 Å². The normalized spacial score (nSPS) is 11.7. The van der Waals surface area contributed by atoms with E-state index in [1.807, 2.05) is 61.5 Å². The number of sulfone groups is 1. The number of rotatable bonds is 5. The summed E-state index contributed by atoms with van der Waals surface area (Å²) < 4.78 is 25.2. The monoisotopic (exact) mass is 423 g/mol. The van der Waals surface area contributed by atoms with Crippen LogP contribution in [0.4, 0.5) is 5.69 Å². The van der Waals surface area contributed by atoms with Gasteiger partial charge in [-0.05, 0) is 43.4 Å². The standard InChI is InChI=1S/C22H21N3O2S2/c1-17-12-14-18(15-13-17)21(25-22(28)24-19-8-4-2-5-9-19)23-16-29(26,27)20-10-6-3-7-11-20/h2-15H,16H2,1H3,(H2,23,24,25,28). The number of aryl methyl sites for hydroxylation is 1. The Balaban J connectivity index is 1.84. The van der Waals surface area contributed by atoms with Crippen molar-refractivity contribution < 1.29 is 8.42 Å². The Morgan fingerprint density at radius 2 is 1.48 bits per heavy atom. The first kappa shape index (κ1) is 20.7. The number of thiocarbonyl (C=S) groups is 1. The quantitative estimate of drug-likeness (QED) is 0.366. The molecule has 0 saturated heterocycles. The molecular weight excluding hydrogens is 402 g/mol. The van der Waals surface area contributed by atoms with Gasteiger partial charge < -0.3 is 10.6 Å². The van der Waals surface area contributed by atoms with Crippen LogP contribution in [0, 0.1) is 6.92 Å². The zero-order chi connectivity index (χ0) is 20.7. The third kappa shape index (κ3) is 5.97. The number of nitrogens with zero attached hydrogens (tertiary/aromatic N) is 1. The Kier molecular flexibility index (Phi) is 6.74. The molecule has 0 saturated carbocycles. The third-order valence-electron chi connectivity index (χ3n) is 4.08. The van der Waals surface area contributed by atoms with E-state index in [1.54, 1.807) is 30.3 Å². The van der Waals surface area contributed by atoms with Crippen LogP contribution in [0.15, 0.2) is 94.8 Å². The lowest BCUT2D eigenvalue weighted by Crippen LogP contribution is -2.35. The minimum atomic E-state index is -3.56. The maximum atomic E-state index is 12.6. The highest BCUT2D eigenvalue weighted by Gasteiger charge is 2.15. The van der Waals surface area contributed by atoms with Gasteiger partial charge in [0, 0.05) is 11.3 Å². The maximum Gasteiger partial charge on any atom is 0.198 e. The zero-order valence-corrected chi connectivity index (χ0v) is 17.5. The van der Waals surface area contributed by atoms with Crippen molar-refractivity contribution in [3.63, 3.8) is 0 Å². The molecule has 2 N–H and O–H groups in total. The van der Waals surface area contributed by atoms with Gasteiger partial charge in [-0.1, -0.05) is 66.2 Å². The lowest BCUT2D eigenvalue weighted by atomic mass is 10.1. The SMILES string of the molecule is Cc1ccc(/C(=N/CS(=O)(=O)c2ccccc2)NC(=S)Nc2ccccc2)cc1. The van der Waals surface area contributed by atoms with Crippen LogP contribution < -0.4 is 10.6 Å². The predicted octanol–water partition coefficient (Wildman–Crippen LogP) is 4.16. The number of amidine groups is 1. The van der Waals surface area contributed by atoms with E-state index in [4.69, 9.17) is 12.2 Å². The van der Waals surface area contributed by atoms with Crippen LogP contribution in [-0.4, -0.2) is 25.2 Å². The van der Waals surface area contributed by atoms with Gasteiger partial charge in [-0.3, -0.25) is 4.99 Å². The van der Waals surface area contributed by atoms with Crippen molar-refractivity contribution in [1.29, 1.82) is 0 Å². The summed E-state index contributed by atoms with van der Waals surface area (Å²) in [5, 5.41) is 6.43. The Morgan fingerprint density at radius 1 is 0.897 bits per heavy atom. The molecule has 0 spiro atoms. The van der Waals surface area contributed by atoms with E-state index in [-0.39, 0.29) is 10.8 Å². The van der Waals surface area contributed by atoms with E-state index in [2.05, 4.69) is 15.6 Å². The van der Waals surface area contributed by atoms with Crippen LogP contribution in [0.1, 0.15) is 11.1 Å². The summed E-state index contributed by atoms with van der Waals surface area (Å²) in [5.74, 6) is -0.000746. The van der Waals surface area contributed by atoms with Gasteiger partial charge in [-0.25, -0.2) is 8.42 Å². The van der Waals surface area contributed by atoms with Crippen LogP contribution >= 0.6 is 12.2 Å². The molecule has 0 radical (unpaired) electrons. The van der Waals surface area contributed by atoms with Crippen molar-refractivity contribution in [2.45, 2.75) is 11.8 Å². The van der Waals surface area contributed by atoms with Crippen LogP contribution in [-0.2, 0) is 9.84 Å². The Hall–Kier alpha value is -3.03. The molecule has 0 bridgehead atoms. The van der Waals surface area contributed by atoms with E-state index in [0.717, 1.165) is 16.8 Å². The summed E-state index contributed by atoms with van der Waals surface area (Å²) >= 11 is 5.39. The smallest absolute Gasteiger partial charge is 0.198 e. The number of aliphatic imine (C=N–C) groups is 1. The molecular formula is C22H21N3O2S2. The lowest BCUT2D eigenvalue weighted by Gasteiger charge is -2.13. The number of nitrogens with one attached hydrogen (secondary N) is 2. The number of para-hydroxylation sites is 1. The number of hydrogen-bond acceptors (Lipinski definition) is 4. The molecule has 29 heavy (non-hydrogen) atoms. The largest absolute Gasteiger partial charge is 0.332 e. The van der Waals surface area contributed by atoms with Gasteiger partial charge in [0.1, 0.15) is 11.7 Å². The van der Waals surface area contributed by atoms with Crippen molar-refractivity contribution in [1.82, 2.24) is 5.32 Å². The highest BCUT2D eigenvalue weighted by atomic mass is 32.2. The maximum absolute atomic E-state index is 12.6. The Bertz CT molecular complexity index is 1100. The van der Waals surface area contributed by atoms with Crippen LogP contribution in [0.25, 0.3) is 0 Å². The number of benzene rings is 3. The summed E-state index contributed by atoms with van der Waals surface area (Å²) in [7, 11) is -3.56. The van der Waals surface area contributed by atoms with E-state index in [0.29, 0.717) is 10.9 Å². The first-order valence-electron chi connectivity index (χ1n) is 8.96. The average molecular weight is 424 g/mol. The molecule has 0 aliphatic heterocycles. The van der Waals surface area contributed by atoms with Crippen LogP contribution in [0.3, 0.4) is 0 Å². The molecule has 0 aliphatic rings. The van der Waals surface area contributed by atoms with Crippen molar-refractivity contribution in [3.8, 4) is 0 Å². The molecule has 0 heterocycles. The van der Waals surface area contributed by atoms with E-state index in [9.17, 15) is 8.42 Å². The molecule has 0 amide bonds. The van der Waals surface area contributed by atoms with Crippen LogP contribution in [0.5, 0.6) is 0 Å². The molecule has 3 rings (SSSR count). The second-order valence-corrected chi connectivity index (χ2v) is 8.74. The van der Waals surface area contributed by atoms with Crippen molar-refractivity contribution in [3.05, 3.63) is 96.1 Å². The molecule has 3 aromatic rings. The summed E-state index contributed by atoms with van der Waals surface area (Å²) in [6.45, 7) is 1.98. The van der Waals surface area contributed by atoms with Gasteiger partial charge >= 0.3 is 0 Å². The highest BCUT2D eigenvalue weighted by Crippen LogP contribution is 2.12. The molecule has 0 atom stereocenters. The van der Waals surface area contributed by atoms with Gasteiger partial charge in [0.15, 0.2) is 14.9 Å². The summed E-state index contributed by atoms with van der Waals surface area (Å²) in [6, 6.07) is 25.4. The molecule has 0 unspecified atom stereocenters. The Morgan fingerprint density at radius 3 is 2.10 bits per heavy atom. The van der Waals surface area contributed by atoms with Gasteiger partial charge in [0.25, 0.3) is 0 Å². The lowest BCUT2D eigenvalue weighted by molar-refractivity contribution is 0.596. The average Bonchev–Trinajstić information content (AvgIpc) is 2.73. The van der Waals surface area contributed by atoms with Gasteiger partial charge in [0.2, 0.25) is 0 Å². The molecule has 3 aromatic carbocycles. The second kappa shape index (κ2) is 9.45. The fourth-order valence-electron chi connectivity index (χ4n) is 2.56. The first-order valence-corrected chi connectivity index (χ1v) is 11.0. The summed E-state index contributed by atoms with van der Waals surface area (Å²) in [5.41, 5.74) is 2.66. The molecule has 0 aliphatic carbocycles. The summed E-state index contributed by atoms with van der Waals surface area (Å²) in [4.78, 5) is 4.58. The number of hydrogen-bond donors (Lipinski definition) is 2. The predicted molar refractivity (Wildman–Crippen MR) is 122 cm³/mol. The van der Waals surface area contributed by atoms with E-state index in [1.165, 1.54) is 0 Å². The highest BCUT2D eigenvalue weighted by molar-refractivity contribution is 7.91. The first-order chi connectivity index (χ1) is 13.9. The van der Waals surface area contributed by atoms with Crippen LogP contribution in [0.2, 0.25) is 0 Å². The molecule has 7 heteroatoms. The second-order valence-electron chi connectivity index (χ2n) is 6.37. The number of anilines is 1. The van der Waals surface area contributed by atoms with Crippen molar-refractivity contribution in [2.24, 2.45) is 4.99 Å². The molecule has 148 valence electrons. The topological polar surface area (TPSA) is 70.6 Å². The fraction of sp³-hybridized carbons (Fsp3) is 0.0909. The van der Waals surface area contributed by atoms with E-state index >= 15 is 0 Å². The third-order valence-corrected chi connectivity index (χ3v) is 5.75. The van der Waals surface area contributed by atoms with E-state index < -0.39 is 9.84 Å². The zero-order valence-electron chi connectivity index (χ0n) is 15.9. The van der Waals surface area contributed by atoms with Crippen molar-refractivity contribution in [2.75, 3.05) is 11.2 Å². The summed E-state index contributed by atoms with van der Waals surface area (Å²) in [6.07, 6.45) is 0. The molecule has 5 nitrogen and oxygen atoms in total. The van der Waals surface area contributed by atoms with Gasteiger partial charge in [-0.15, -0.1) is 0 Å². The van der Waals surface area contributed by atoms with Gasteiger partial charge in [-0.2, -0.15) is 0 Å². The fourth-order valence-corrected chi connectivity index (χ4v) is 3.79. The molecule has 0 fully saturated rings. The van der Waals surface area contributed by atoms with Crippen molar-refractivity contribution >= 4 is 38.7 Å². The molecule has 0 aromatic heterocycles.